The Bertz CT molecular complexity index is 205. The van der Waals surface area contributed by atoms with Gasteiger partial charge in [-0.3, -0.25) is 0 Å². The molecule has 2 rings (SSSR count). The van der Waals surface area contributed by atoms with Crippen molar-refractivity contribution in [2.24, 2.45) is 17.8 Å². The molecule has 0 aromatic rings. The first-order chi connectivity index (χ1) is 6.83. The van der Waals surface area contributed by atoms with Crippen molar-refractivity contribution < 1.29 is 0 Å². The minimum atomic E-state index is 0.748. The summed E-state index contributed by atoms with van der Waals surface area (Å²) < 4.78 is 0. The van der Waals surface area contributed by atoms with Gasteiger partial charge in [-0.25, -0.2) is 0 Å². The first kappa shape index (κ1) is 10.2. The molecule has 1 N–H and O–H groups in total. The molecule has 0 heterocycles. The van der Waals surface area contributed by atoms with Crippen LogP contribution >= 0.6 is 0 Å². The molecule has 0 unspecified atom stereocenters. The zero-order chi connectivity index (χ0) is 9.97. The fraction of sp³-hybridized carbons (Fsp3) is 0.846. The SMILES string of the molecule is CCC(CC)NC[C@@H]1C[C@@H]2C=C[C@H]1C2. The van der Waals surface area contributed by atoms with Crippen LogP contribution in [0.5, 0.6) is 0 Å². The van der Waals surface area contributed by atoms with E-state index in [9.17, 15) is 0 Å². The summed E-state index contributed by atoms with van der Waals surface area (Å²) in [4.78, 5) is 0. The van der Waals surface area contributed by atoms with Crippen molar-refractivity contribution >= 4 is 0 Å². The maximum atomic E-state index is 3.71. The molecule has 2 aliphatic carbocycles. The van der Waals surface area contributed by atoms with Gasteiger partial charge in [0.25, 0.3) is 0 Å². The highest BCUT2D eigenvalue weighted by Crippen LogP contribution is 2.42. The lowest BCUT2D eigenvalue weighted by molar-refractivity contribution is 0.372. The molecule has 3 atom stereocenters. The van der Waals surface area contributed by atoms with Crippen LogP contribution in [-0.4, -0.2) is 12.6 Å². The van der Waals surface area contributed by atoms with E-state index in [1.54, 1.807) is 0 Å². The molecule has 0 saturated heterocycles. The Kier molecular flexibility index (Phi) is 3.27. The Morgan fingerprint density at radius 3 is 2.50 bits per heavy atom. The Labute approximate surface area is 88.0 Å². The predicted octanol–water partition coefficient (Wildman–Crippen LogP) is 2.98. The molecule has 0 aromatic heterocycles. The van der Waals surface area contributed by atoms with Gasteiger partial charge in [0.05, 0.1) is 0 Å². The largest absolute Gasteiger partial charge is 0.314 e. The molecule has 1 heteroatoms. The van der Waals surface area contributed by atoms with Gasteiger partial charge in [0.1, 0.15) is 0 Å². The minimum Gasteiger partial charge on any atom is -0.314 e. The molecule has 2 bridgehead atoms. The number of hydrogen-bond acceptors (Lipinski definition) is 1. The van der Waals surface area contributed by atoms with Gasteiger partial charge >= 0.3 is 0 Å². The third-order valence-corrected chi connectivity index (χ3v) is 4.07. The van der Waals surface area contributed by atoms with E-state index in [1.165, 1.54) is 32.2 Å². The van der Waals surface area contributed by atoms with E-state index < -0.39 is 0 Å². The summed E-state index contributed by atoms with van der Waals surface area (Å²) in [5.74, 6) is 2.76. The molecule has 1 fully saturated rings. The van der Waals surface area contributed by atoms with Crippen LogP contribution in [0.4, 0.5) is 0 Å². The second kappa shape index (κ2) is 4.48. The summed E-state index contributed by atoms with van der Waals surface area (Å²) in [7, 11) is 0. The van der Waals surface area contributed by atoms with Crippen molar-refractivity contribution in [1.29, 1.82) is 0 Å². The van der Waals surface area contributed by atoms with Crippen molar-refractivity contribution in [2.75, 3.05) is 6.54 Å². The zero-order valence-corrected chi connectivity index (χ0v) is 9.50. The third kappa shape index (κ3) is 2.03. The first-order valence-electron chi connectivity index (χ1n) is 6.25. The van der Waals surface area contributed by atoms with Gasteiger partial charge in [-0.1, -0.05) is 26.0 Å². The molecule has 0 aliphatic heterocycles. The van der Waals surface area contributed by atoms with Crippen molar-refractivity contribution in [3.8, 4) is 0 Å². The second-order valence-electron chi connectivity index (χ2n) is 4.96. The van der Waals surface area contributed by atoms with Crippen LogP contribution in [-0.2, 0) is 0 Å². The number of nitrogens with one attached hydrogen (secondary N) is 1. The summed E-state index contributed by atoms with van der Waals surface area (Å²) in [5.41, 5.74) is 0. The van der Waals surface area contributed by atoms with Crippen LogP contribution in [0.3, 0.4) is 0 Å². The van der Waals surface area contributed by atoms with Crippen molar-refractivity contribution in [3.63, 3.8) is 0 Å². The fourth-order valence-corrected chi connectivity index (χ4v) is 3.02. The molecular weight excluding hydrogens is 170 g/mol. The van der Waals surface area contributed by atoms with Crippen molar-refractivity contribution in [1.82, 2.24) is 5.32 Å². The second-order valence-corrected chi connectivity index (χ2v) is 4.96. The summed E-state index contributed by atoms with van der Waals surface area (Å²) in [6.07, 6.45) is 10.3. The van der Waals surface area contributed by atoms with Crippen LogP contribution in [0.1, 0.15) is 39.5 Å². The van der Waals surface area contributed by atoms with Crippen LogP contribution < -0.4 is 5.32 Å². The third-order valence-electron chi connectivity index (χ3n) is 4.07. The molecule has 80 valence electrons. The molecule has 1 nitrogen and oxygen atoms in total. The van der Waals surface area contributed by atoms with E-state index in [0.717, 1.165) is 23.8 Å². The maximum Gasteiger partial charge on any atom is 0.00619 e. The summed E-state index contributed by atoms with van der Waals surface area (Å²) in [5, 5.41) is 3.71. The molecule has 0 aromatic carbocycles. The van der Waals surface area contributed by atoms with E-state index in [1.807, 2.05) is 0 Å². The lowest BCUT2D eigenvalue weighted by Gasteiger charge is -2.22. The van der Waals surface area contributed by atoms with E-state index >= 15 is 0 Å². The Hall–Kier alpha value is -0.300. The zero-order valence-electron chi connectivity index (χ0n) is 9.50. The van der Waals surface area contributed by atoms with Crippen molar-refractivity contribution in [2.45, 2.75) is 45.6 Å². The topological polar surface area (TPSA) is 12.0 Å². The van der Waals surface area contributed by atoms with Gasteiger partial charge in [0.15, 0.2) is 0 Å². The summed E-state index contributed by atoms with van der Waals surface area (Å²) >= 11 is 0. The van der Waals surface area contributed by atoms with Crippen LogP contribution in [0.15, 0.2) is 12.2 Å². The monoisotopic (exact) mass is 193 g/mol. The van der Waals surface area contributed by atoms with Gasteiger partial charge in [-0.15, -0.1) is 0 Å². The molecule has 0 amide bonds. The Balaban J connectivity index is 1.74. The van der Waals surface area contributed by atoms with Gasteiger partial charge in [0.2, 0.25) is 0 Å². The predicted molar refractivity (Wildman–Crippen MR) is 61.2 cm³/mol. The Morgan fingerprint density at radius 2 is 2.00 bits per heavy atom. The number of hydrogen-bond donors (Lipinski definition) is 1. The number of allylic oxidation sites excluding steroid dienone is 2. The minimum absolute atomic E-state index is 0.748. The van der Waals surface area contributed by atoms with E-state index in [4.69, 9.17) is 0 Å². The van der Waals surface area contributed by atoms with Crippen molar-refractivity contribution in [3.05, 3.63) is 12.2 Å². The molecular formula is C13H23N. The fourth-order valence-electron chi connectivity index (χ4n) is 3.02. The highest BCUT2D eigenvalue weighted by molar-refractivity contribution is 5.10. The lowest BCUT2D eigenvalue weighted by atomic mass is 9.93. The highest BCUT2D eigenvalue weighted by atomic mass is 14.9. The van der Waals surface area contributed by atoms with E-state index in [2.05, 4.69) is 31.3 Å². The first-order valence-corrected chi connectivity index (χ1v) is 6.25. The normalized spacial score (nSPS) is 34.6. The quantitative estimate of drug-likeness (QED) is 0.662. The van der Waals surface area contributed by atoms with Gasteiger partial charge in [0, 0.05) is 6.04 Å². The number of fused-ring (bicyclic) bond motifs is 2. The lowest BCUT2D eigenvalue weighted by Crippen LogP contribution is -2.33. The van der Waals surface area contributed by atoms with E-state index in [-0.39, 0.29) is 0 Å². The summed E-state index contributed by atoms with van der Waals surface area (Å²) in [6.45, 7) is 5.81. The van der Waals surface area contributed by atoms with Crippen LogP contribution in [0.25, 0.3) is 0 Å². The van der Waals surface area contributed by atoms with E-state index in [0.29, 0.717) is 0 Å². The van der Waals surface area contributed by atoms with Gasteiger partial charge in [-0.2, -0.15) is 0 Å². The van der Waals surface area contributed by atoms with Gasteiger partial charge < -0.3 is 5.32 Å². The standard InChI is InChI=1S/C13H23N/c1-3-13(4-2)14-9-12-8-10-5-6-11(12)7-10/h5-6,10-14H,3-4,7-9H2,1-2H3/t10-,11+,12+/m1/s1. The van der Waals surface area contributed by atoms with Crippen LogP contribution in [0.2, 0.25) is 0 Å². The van der Waals surface area contributed by atoms with Crippen LogP contribution in [0, 0.1) is 17.8 Å². The summed E-state index contributed by atoms with van der Waals surface area (Å²) in [6, 6.07) is 0.748. The van der Waals surface area contributed by atoms with Gasteiger partial charge in [-0.05, 0) is 50.0 Å². The highest BCUT2D eigenvalue weighted by Gasteiger charge is 2.35. The molecule has 1 saturated carbocycles. The average molecular weight is 193 g/mol. The smallest absolute Gasteiger partial charge is 0.00619 e. The molecule has 0 radical (unpaired) electrons. The number of rotatable bonds is 5. The Morgan fingerprint density at radius 1 is 1.21 bits per heavy atom. The maximum absolute atomic E-state index is 3.71. The molecule has 14 heavy (non-hydrogen) atoms. The molecule has 2 aliphatic rings. The molecule has 0 spiro atoms. The average Bonchev–Trinajstić information content (AvgIpc) is 2.80.